The van der Waals surface area contributed by atoms with Gasteiger partial charge < -0.3 is 4.74 Å². The Morgan fingerprint density at radius 3 is 2.17 bits per heavy atom. The molecule has 3 nitrogen and oxygen atoms in total. The molecule has 1 aromatic carbocycles. The van der Waals surface area contributed by atoms with E-state index >= 15 is 0 Å². The molecule has 1 aromatic heterocycles. The molecule has 0 spiro atoms. The Hall–Kier alpha value is -1.39. The lowest BCUT2D eigenvalue weighted by atomic mass is 10.1. The van der Waals surface area contributed by atoms with Crippen molar-refractivity contribution in [3.63, 3.8) is 0 Å². The van der Waals surface area contributed by atoms with Crippen LogP contribution in [0.25, 0.3) is 0 Å². The predicted molar refractivity (Wildman–Crippen MR) is 67.8 cm³/mol. The first-order valence-corrected chi connectivity index (χ1v) is 5.86. The molecule has 0 unspecified atom stereocenters. The molecule has 0 aliphatic rings. The van der Waals surface area contributed by atoms with Crippen LogP contribution in [0.5, 0.6) is 5.75 Å². The van der Waals surface area contributed by atoms with Crippen molar-refractivity contribution < 1.29 is 9.13 Å². The Labute approximate surface area is 114 Å². The van der Waals surface area contributed by atoms with Gasteiger partial charge in [-0.05, 0) is 17.7 Å². The molecule has 2 rings (SSSR count). The molecule has 0 aliphatic carbocycles. The summed E-state index contributed by atoms with van der Waals surface area (Å²) in [6.45, 7) is 0. The average Bonchev–Trinajstić information content (AvgIpc) is 2.37. The van der Waals surface area contributed by atoms with Crippen molar-refractivity contribution in [1.29, 1.82) is 0 Å². The van der Waals surface area contributed by atoms with Crippen LogP contribution in [0.3, 0.4) is 0 Å². The molecule has 2 aromatic rings. The fraction of sp³-hybridized carbons (Fsp3) is 0.167. The molecule has 0 aliphatic heterocycles. The van der Waals surface area contributed by atoms with Gasteiger partial charge in [-0.3, -0.25) is 0 Å². The number of aromatic nitrogens is 2. The molecular weight excluding hydrogens is 278 g/mol. The van der Waals surface area contributed by atoms with E-state index in [9.17, 15) is 4.39 Å². The van der Waals surface area contributed by atoms with Gasteiger partial charge in [-0.25, -0.2) is 14.4 Å². The summed E-state index contributed by atoms with van der Waals surface area (Å²) in [4.78, 5) is 7.67. The van der Waals surface area contributed by atoms with Gasteiger partial charge in [0.2, 0.25) is 0 Å². The first-order valence-electron chi connectivity index (χ1n) is 5.10. The van der Waals surface area contributed by atoms with Gasteiger partial charge in [0.15, 0.2) is 16.1 Å². The number of hydrogen-bond donors (Lipinski definition) is 0. The van der Waals surface area contributed by atoms with Gasteiger partial charge in [-0.15, -0.1) is 0 Å². The van der Waals surface area contributed by atoms with Crippen LogP contribution in [-0.4, -0.2) is 17.1 Å². The molecule has 0 N–H and O–H groups in total. The highest BCUT2D eigenvalue weighted by atomic mass is 35.5. The van der Waals surface area contributed by atoms with Crippen molar-refractivity contribution in [1.82, 2.24) is 9.97 Å². The minimum Gasteiger partial charge on any atom is -0.497 e. The summed E-state index contributed by atoms with van der Waals surface area (Å²) in [7, 11) is 1.59. The number of hydrogen-bond acceptors (Lipinski definition) is 3. The Bertz CT molecular complexity index is 537. The quantitative estimate of drug-likeness (QED) is 0.810. The lowest BCUT2D eigenvalue weighted by molar-refractivity contribution is 0.414. The van der Waals surface area contributed by atoms with Gasteiger partial charge in [-0.1, -0.05) is 35.3 Å². The number of halogens is 3. The molecule has 94 valence electrons. The monoisotopic (exact) mass is 286 g/mol. The minimum absolute atomic E-state index is 0.265. The zero-order valence-corrected chi connectivity index (χ0v) is 11.0. The van der Waals surface area contributed by atoms with E-state index in [2.05, 4.69) is 9.97 Å². The van der Waals surface area contributed by atoms with Crippen LogP contribution in [0.1, 0.15) is 11.4 Å². The zero-order chi connectivity index (χ0) is 13.1. The van der Waals surface area contributed by atoms with E-state index in [1.165, 1.54) is 0 Å². The second-order valence-electron chi connectivity index (χ2n) is 3.56. The molecule has 0 saturated carbocycles. The molecule has 0 saturated heterocycles. The topological polar surface area (TPSA) is 35.0 Å². The van der Waals surface area contributed by atoms with E-state index in [1.807, 2.05) is 24.3 Å². The van der Waals surface area contributed by atoms with Crippen molar-refractivity contribution in [3.8, 4) is 5.75 Å². The average molecular weight is 287 g/mol. The SMILES string of the molecule is COc1ccc(Cc2nc(Cl)c(F)c(Cl)n2)cc1. The number of ether oxygens (including phenoxy) is 1. The Kier molecular flexibility index (Phi) is 3.99. The van der Waals surface area contributed by atoms with Gasteiger partial charge in [0.1, 0.15) is 11.6 Å². The summed E-state index contributed by atoms with van der Waals surface area (Å²) < 4.78 is 18.2. The zero-order valence-electron chi connectivity index (χ0n) is 9.45. The van der Waals surface area contributed by atoms with E-state index in [1.54, 1.807) is 7.11 Å². The van der Waals surface area contributed by atoms with Crippen LogP contribution in [-0.2, 0) is 6.42 Å². The predicted octanol–water partition coefficient (Wildman–Crippen LogP) is 3.52. The maximum Gasteiger partial charge on any atom is 0.197 e. The van der Waals surface area contributed by atoms with E-state index in [0.717, 1.165) is 11.3 Å². The maximum absolute atomic E-state index is 13.1. The van der Waals surface area contributed by atoms with Crippen molar-refractivity contribution in [2.75, 3.05) is 7.11 Å². The summed E-state index contributed by atoms with van der Waals surface area (Å²) in [6.07, 6.45) is 0.420. The molecular formula is C12H9Cl2FN2O. The number of rotatable bonds is 3. The third kappa shape index (κ3) is 2.89. The van der Waals surface area contributed by atoms with Gasteiger partial charge in [0, 0.05) is 6.42 Å². The normalized spacial score (nSPS) is 10.4. The summed E-state index contributed by atoms with van der Waals surface area (Å²) >= 11 is 11.2. The Morgan fingerprint density at radius 2 is 1.67 bits per heavy atom. The van der Waals surface area contributed by atoms with E-state index in [4.69, 9.17) is 27.9 Å². The highest BCUT2D eigenvalue weighted by Gasteiger charge is 2.11. The van der Waals surface area contributed by atoms with Gasteiger partial charge in [-0.2, -0.15) is 0 Å². The van der Waals surface area contributed by atoms with Crippen LogP contribution in [0, 0.1) is 5.82 Å². The minimum atomic E-state index is -0.795. The van der Waals surface area contributed by atoms with Gasteiger partial charge in [0.25, 0.3) is 0 Å². The van der Waals surface area contributed by atoms with E-state index < -0.39 is 5.82 Å². The number of nitrogens with zero attached hydrogens (tertiary/aromatic N) is 2. The number of methoxy groups -OCH3 is 1. The van der Waals surface area contributed by atoms with Crippen LogP contribution < -0.4 is 4.74 Å². The Morgan fingerprint density at radius 1 is 1.11 bits per heavy atom. The fourth-order valence-electron chi connectivity index (χ4n) is 1.44. The first-order chi connectivity index (χ1) is 8.60. The highest BCUT2D eigenvalue weighted by Crippen LogP contribution is 2.20. The summed E-state index contributed by atoms with van der Waals surface area (Å²) in [5, 5.41) is -0.531. The van der Waals surface area contributed by atoms with Crippen molar-refractivity contribution in [3.05, 3.63) is 51.8 Å². The summed E-state index contributed by atoms with van der Waals surface area (Å²) in [5.41, 5.74) is 0.953. The first kappa shape index (κ1) is 13.1. The molecule has 0 fully saturated rings. The second kappa shape index (κ2) is 5.50. The van der Waals surface area contributed by atoms with Crippen molar-refractivity contribution in [2.24, 2.45) is 0 Å². The third-order valence-corrected chi connectivity index (χ3v) is 2.84. The number of benzene rings is 1. The summed E-state index contributed by atoms with van der Waals surface area (Å²) in [5.74, 6) is 0.336. The molecule has 18 heavy (non-hydrogen) atoms. The lowest BCUT2D eigenvalue weighted by Crippen LogP contribution is -2.00. The molecule has 0 bridgehead atoms. The molecule has 6 heteroatoms. The van der Waals surface area contributed by atoms with E-state index in [0.29, 0.717) is 12.2 Å². The van der Waals surface area contributed by atoms with E-state index in [-0.39, 0.29) is 10.3 Å². The Balaban J connectivity index is 2.23. The standard InChI is InChI=1S/C12H9Cl2FN2O/c1-18-8-4-2-7(3-5-8)6-9-16-11(13)10(15)12(14)17-9/h2-5H,6H2,1H3. The highest BCUT2D eigenvalue weighted by molar-refractivity contribution is 6.33. The van der Waals surface area contributed by atoms with Gasteiger partial charge >= 0.3 is 0 Å². The summed E-state index contributed by atoms with van der Waals surface area (Å²) in [6, 6.07) is 7.38. The maximum atomic E-state index is 13.1. The molecule has 0 radical (unpaired) electrons. The smallest absolute Gasteiger partial charge is 0.197 e. The van der Waals surface area contributed by atoms with Crippen LogP contribution in [0.2, 0.25) is 10.3 Å². The largest absolute Gasteiger partial charge is 0.497 e. The van der Waals surface area contributed by atoms with Crippen molar-refractivity contribution >= 4 is 23.2 Å². The van der Waals surface area contributed by atoms with Crippen LogP contribution >= 0.6 is 23.2 Å². The molecule has 0 amide bonds. The third-order valence-electron chi connectivity index (χ3n) is 2.34. The molecule has 1 heterocycles. The fourth-order valence-corrected chi connectivity index (χ4v) is 1.86. The van der Waals surface area contributed by atoms with Crippen LogP contribution in [0.15, 0.2) is 24.3 Å². The second-order valence-corrected chi connectivity index (χ2v) is 4.28. The van der Waals surface area contributed by atoms with Crippen molar-refractivity contribution in [2.45, 2.75) is 6.42 Å². The molecule has 0 atom stereocenters. The van der Waals surface area contributed by atoms with Gasteiger partial charge in [0.05, 0.1) is 7.11 Å². The lowest BCUT2D eigenvalue weighted by Gasteiger charge is -2.04. The van der Waals surface area contributed by atoms with Crippen LogP contribution in [0.4, 0.5) is 4.39 Å².